The first-order valence-corrected chi connectivity index (χ1v) is 16.8. The second-order valence-electron chi connectivity index (χ2n) is 11.4. The van der Waals surface area contributed by atoms with Gasteiger partial charge in [-0.2, -0.15) is 0 Å². The predicted molar refractivity (Wildman–Crippen MR) is 180 cm³/mol. The van der Waals surface area contributed by atoms with Crippen LogP contribution in [-0.4, -0.2) is 72.7 Å². The van der Waals surface area contributed by atoms with E-state index in [4.69, 9.17) is 0 Å². The van der Waals surface area contributed by atoms with Gasteiger partial charge in [-0.1, -0.05) is 24.3 Å². The Morgan fingerprint density at radius 2 is 0.978 bits per heavy atom. The third-order valence-electron chi connectivity index (χ3n) is 8.78. The van der Waals surface area contributed by atoms with E-state index in [0.717, 1.165) is 48.1 Å². The smallest absolute Gasteiger partial charge is 0.261 e. The Labute approximate surface area is 266 Å². The lowest BCUT2D eigenvalue weighted by atomic mass is 9.93. The number of carbonyl (C=O) groups is 4. The van der Waals surface area contributed by atoms with Crippen molar-refractivity contribution in [3.63, 3.8) is 0 Å². The van der Waals surface area contributed by atoms with Gasteiger partial charge in [-0.15, -0.1) is 22.7 Å². The number of nitrogens with zero attached hydrogens (tertiary/aromatic N) is 2. The maximum absolute atomic E-state index is 13.4. The number of thiophene rings is 2. The van der Waals surface area contributed by atoms with E-state index >= 15 is 0 Å². The summed E-state index contributed by atoms with van der Waals surface area (Å²) in [5.74, 6) is -1.00. The zero-order valence-electron chi connectivity index (χ0n) is 24.2. The molecule has 0 fully saturated rings. The number of amides is 4. The van der Waals surface area contributed by atoms with Gasteiger partial charge in [0.05, 0.1) is 0 Å². The normalized spacial score (nSPS) is 14.7. The number of nitrogens with one attached hydrogen (secondary N) is 2. The van der Waals surface area contributed by atoms with E-state index in [1.54, 1.807) is 34.8 Å². The van der Waals surface area contributed by atoms with Gasteiger partial charge in [0, 0.05) is 79.4 Å². The van der Waals surface area contributed by atoms with Crippen molar-refractivity contribution in [2.75, 3.05) is 39.3 Å². The predicted octanol–water partition coefficient (Wildman–Crippen LogP) is 5.88. The number of hydrogen-bond donors (Lipinski definition) is 2. The van der Waals surface area contributed by atoms with Crippen LogP contribution in [0.1, 0.15) is 47.9 Å². The summed E-state index contributed by atoms with van der Waals surface area (Å²) in [6, 6.07) is 19.2. The molecule has 0 saturated carbocycles. The first kappa shape index (κ1) is 28.0. The van der Waals surface area contributed by atoms with Crippen molar-refractivity contribution in [1.29, 1.82) is 0 Å². The molecule has 2 aliphatic rings. The largest absolute Gasteiger partial charge is 0.315 e. The van der Waals surface area contributed by atoms with Crippen molar-refractivity contribution in [1.82, 2.24) is 20.4 Å². The molecule has 0 bridgehead atoms. The van der Waals surface area contributed by atoms with Crippen LogP contribution in [0, 0.1) is 0 Å². The van der Waals surface area contributed by atoms with Gasteiger partial charge in [-0.05, 0) is 77.4 Å². The number of carbonyl (C=O) groups excluding carboxylic acids is 4. The van der Waals surface area contributed by atoms with Gasteiger partial charge in [0.25, 0.3) is 23.6 Å². The molecular weight excluding hydrogens is 605 g/mol. The van der Waals surface area contributed by atoms with Crippen LogP contribution in [0.25, 0.3) is 41.7 Å². The molecule has 4 heterocycles. The Morgan fingerprint density at radius 3 is 1.44 bits per heavy atom. The van der Waals surface area contributed by atoms with Crippen LogP contribution in [0.2, 0.25) is 0 Å². The van der Waals surface area contributed by atoms with Crippen molar-refractivity contribution in [3.8, 4) is 0 Å². The van der Waals surface area contributed by atoms with Crippen molar-refractivity contribution >= 4 is 88.0 Å². The lowest BCUT2D eigenvalue weighted by Gasteiger charge is -2.27. The minimum Gasteiger partial charge on any atom is -0.315 e. The van der Waals surface area contributed by atoms with Crippen LogP contribution in [0.15, 0.2) is 71.4 Å². The molecule has 6 aromatic rings. The zero-order chi connectivity index (χ0) is 30.7. The lowest BCUT2D eigenvalue weighted by Crippen LogP contribution is -2.44. The maximum Gasteiger partial charge on any atom is 0.261 e. The van der Waals surface area contributed by atoms with Gasteiger partial charge >= 0.3 is 0 Å². The molecule has 4 amide bonds. The molecule has 0 radical (unpaired) electrons. The minimum absolute atomic E-state index is 0.249. The highest BCUT2D eigenvalue weighted by Gasteiger charge is 2.34. The van der Waals surface area contributed by atoms with Gasteiger partial charge in [-0.25, -0.2) is 0 Å². The first-order chi connectivity index (χ1) is 22.0. The monoisotopic (exact) mass is 632 g/mol. The summed E-state index contributed by atoms with van der Waals surface area (Å²) in [4.78, 5) is 56.0. The molecule has 4 aromatic carbocycles. The van der Waals surface area contributed by atoms with Gasteiger partial charge in [0.1, 0.15) is 0 Å². The molecule has 0 spiro atoms. The fourth-order valence-corrected chi connectivity index (χ4v) is 8.48. The maximum atomic E-state index is 13.4. The molecule has 2 aromatic heterocycles. The Hall–Kier alpha value is -4.48. The van der Waals surface area contributed by atoms with Gasteiger partial charge in [-0.3, -0.25) is 29.0 Å². The summed E-state index contributed by atoms with van der Waals surface area (Å²) in [6.45, 7) is 2.93. The average molecular weight is 633 g/mol. The number of benzene rings is 4. The van der Waals surface area contributed by atoms with Crippen LogP contribution >= 0.6 is 22.7 Å². The Balaban J connectivity index is 0.826. The molecule has 10 heteroatoms. The molecule has 224 valence electrons. The van der Waals surface area contributed by atoms with Gasteiger partial charge < -0.3 is 10.6 Å². The molecular formula is C35H28N4O4S2. The van der Waals surface area contributed by atoms with E-state index in [-0.39, 0.29) is 36.7 Å². The summed E-state index contributed by atoms with van der Waals surface area (Å²) in [5, 5.41) is 16.1. The van der Waals surface area contributed by atoms with Crippen molar-refractivity contribution < 1.29 is 19.2 Å². The molecule has 0 saturated heterocycles. The van der Waals surface area contributed by atoms with Crippen LogP contribution in [0.4, 0.5) is 0 Å². The summed E-state index contributed by atoms with van der Waals surface area (Å²) in [6.07, 6.45) is 0.806. The van der Waals surface area contributed by atoms with Crippen LogP contribution in [0.5, 0.6) is 0 Å². The summed E-state index contributed by atoms with van der Waals surface area (Å²) in [7, 11) is 0. The van der Waals surface area contributed by atoms with E-state index in [0.29, 0.717) is 48.4 Å². The minimum atomic E-state index is -0.252. The second kappa shape index (κ2) is 11.1. The molecule has 8 rings (SSSR count). The van der Waals surface area contributed by atoms with Crippen LogP contribution in [0.3, 0.4) is 0 Å². The fraction of sp³-hybridized carbons (Fsp3) is 0.200. The number of hydrogen-bond acceptors (Lipinski definition) is 8. The highest BCUT2D eigenvalue weighted by molar-refractivity contribution is 7.18. The third-order valence-corrected chi connectivity index (χ3v) is 10.7. The highest BCUT2D eigenvalue weighted by Crippen LogP contribution is 2.39. The summed E-state index contributed by atoms with van der Waals surface area (Å²) < 4.78 is 2.19. The first-order valence-electron chi connectivity index (χ1n) is 15.0. The van der Waals surface area contributed by atoms with Gasteiger partial charge in [0.15, 0.2) is 0 Å². The molecule has 8 nitrogen and oxygen atoms in total. The van der Waals surface area contributed by atoms with Crippen molar-refractivity contribution in [2.45, 2.75) is 6.42 Å². The molecule has 0 atom stereocenters. The van der Waals surface area contributed by atoms with Crippen LogP contribution < -0.4 is 10.6 Å². The van der Waals surface area contributed by atoms with E-state index in [2.05, 4.69) is 10.6 Å². The molecule has 2 N–H and O–H groups in total. The van der Waals surface area contributed by atoms with E-state index in [1.807, 2.05) is 59.3 Å². The molecule has 2 aliphatic heterocycles. The summed E-state index contributed by atoms with van der Waals surface area (Å²) in [5.41, 5.74) is 2.32. The van der Waals surface area contributed by atoms with Crippen molar-refractivity contribution in [2.24, 2.45) is 0 Å². The topological polar surface area (TPSA) is 98.8 Å². The molecule has 0 unspecified atom stereocenters. The lowest BCUT2D eigenvalue weighted by molar-refractivity contribution is 0.0597. The number of fused-ring (bicyclic) bond motifs is 4. The Kier molecular flexibility index (Phi) is 6.94. The quantitative estimate of drug-likeness (QED) is 0.145. The average Bonchev–Trinajstić information content (AvgIpc) is 3.74. The fourth-order valence-electron chi connectivity index (χ4n) is 6.66. The standard InChI is InChI=1S/C35H28N4O4S2/c40-32-24-6-1-4-22-28(24)26(18-20-8-16-44-30(20)22)34(42)38(32)14-12-36-10-3-11-37-13-15-39-33(41)25-7-2-5-23-29(25)27(35(39)43)19-21-9-17-45-31(21)23/h1-2,4-9,16-19,36-37H,3,10-15H2. The van der Waals surface area contributed by atoms with Crippen molar-refractivity contribution in [3.05, 3.63) is 93.7 Å². The van der Waals surface area contributed by atoms with E-state index in [1.165, 1.54) is 9.80 Å². The van der Waals surface area contributed by atoms with Crippen LogP contribution in [-0.2, 0) is 0 Å². The molecule has 45 heavy (non-hydrogen) atoms. The highest BCUT2D eigenvalue weighted by atomic mass is 32.1. The Bertz CT molecular complexity index is 2060. The summed E-state index contributed by atoms with van der Waals surface area (Å²) >= 11 is 3.24. The Morgan fingerprint density at radius 1 is 0.533 bits per heavy atom. The second-order valence-corrected chi connectivity index (χ2v) is 13.2. The zero-order valence-corrected chi connectivity index (χ0v) is 25.9. The SMILES string of the molecule is O=C1c2cccc3c2c(cc2ccsc23)C(=O)N1CCNCCCNCCN1C(=O)c2cccc3c2c(cc2ccsc23)C1=O. The number of rotatable bonds is 10. The van der Waals surface area contributed by atoms with E-state index < -0.39 is 0 Å². The third kappa shape index (κ3) is 4.47. The van der Waals surface area contributed by atoms with Gasteiger partial charge in [0.2, 0.25) is 0 Å². The number of imide groups is 2. The van der Waals surface area contributed by atoms with E-state index in [9.17, 15) is 19.2 Å². The molecule has 0 aliphatic carbocycles.